The molecule has 0 amide bonds. The number of para-hydroxylation sites is 1. The van der Waals surface area contributed by atoms with Crippen molar-refractivity contribution in [2.45, 2.75) is 6.54 Å². The minimum absolute atomic E-state index is 0.791. The fourth-order valence-corrected chi connectivity index (χ4v) is 3.36. The number of hydrogen-bond acceptors (Lipinski definition) is 2. The standard InChI is InChI=1S/C21H16N4/c1-2-8-16(9-3-1)14-24-15-17-10-4-5-11-18(17)21(24)25-20-13-7-6-12-19(20)22-23-25/h1-13,15H,14H2. The normalized spacial score (nSPS) is 11.4. The summed E-state index contributed by atoms with van der Waals surface area (Å²) in [6.45, 7) is 0.791. The average molecular weight is 324 g/mol. The zero-order valence-corrected chi connectivity index (χ0v) is 13.6. The number of nitrogens with zero attached hydrogens (tertiary/aromatic N) is 4. The molecule has 2 aromatic heterocycles. The van der Waals surface area contributed by atoms with Crippen LogP contribution in [-0.2, 0) is 6.54 Å². The molecule has 0 aliphatic rings. The third kappa shape index (κ3) is 2.31. The first-order valence-electron chi connectivity index (χ1n) is 8.33. The van der Waals surface area contributed by atoms with Gasteiger partial charge in [-0.2, -0.15) is 4.68 Å². The molecule has 0 atom stereocenters. The van der Waals surface area contributed by atoms with Crippen molar-refractivity contribution >= 4 is 21.8 Å². The first-order valence-corrected chi connectivity index (χ1v) is 8.33. The highest BCUT2D eigenvalue weighted by atomic mass is 15.5. The minimum atomic E-state index is 0.791. The Morgan fingerprint density at radius 3 is 2.44 bits per heavy atom. The van der Waals surface area contributed by atoms with E-state index in [0.29, 0.717) is 0 Å². The maximum absolute atomic E-state index is 4.44. The second-order valence-electron chi connectivity index (χ2n) is 6.14. The molecular weight excluding hydrogens is 308 g/mol. The first kappa shape index (κ1) is 14.0. The number of hydrogen-bond donors (Lipinski definition) is 0. The van der Waals surface area contributed by atoms with Crippen molar-refractivity contribution in [1.29, 1.82) is 0 Å². The van der Waals surface area contributed by atoms with Gasteiger partial charge in [0.2, 0.25) is 0 Å². The second-order valence-corrected chi connectivity index (χ2v) is 6.14. The lowest BCUT2D eigenvalue weighted by Crippen LogP contribution is -2.07. The van der Waals surface area contributed by atoms with Crippen molar-refractivity contribution < 1.29 is 0 Å². The van der Waals surface area contributed by atoms with Gasteiger partial charge in [0.25, 0.3) is 0 Å². The molecule has 25 heavy (non-hydrogen) atoms. The van der Waals surface area contributed by atoms with Crippen molar-refractivity contribution in [2.24, 2.45) is 0 Å². The second kappa shape index (κ2) is 5.60. The Balaban J connectivity index is 1.77. The quantitative estimate of drug-likeness (QED) is 0.492. The summed E-state index contributed by atoms with van der Waals surface area (Å²) in [4.78, 5) is 0. The van der Waals surface area contributed by atoms with Crippen LogP contribution in [-0.4, -0.2) is 19.6 Å². The molecule has 5 rings (SSSR count). The Labute approximate surface area is 144 Å². The topological polar surface area (TPSA) is 35.6 Å². The molecule has 2 heterocycles. The van der Waals surface area contributed by atoms with Crippen LogP contribution in [0.1, 0.15) is 5.56 Å². The zero-order chi connectivity index (χ0) is 16.6. The van der Waals surface area contributed by atoms with Crippen LogP contribution >= 0.6 is 0 Å². The summed E-state index contributed by atoms with van der Waals surface area (Å²) in [6.07, 6.45) is 2.19. The summed E-state index contributed by atoms with van der Waals surface area (Å²) in [5, 5.41) is 11.1. The van der Waals surface area contributed by atoms with Gasteiger partial charge in [-0.3, -0.25) is 0 Å². The van der Waals surface area contributed by atoms with Gasteiger partial charge in [0.05, 0.1) is 5.52 Å². The molecule has 0 radical (unpaired) electrons. The van der Waals surface area contributed by atoms with Crippen molar-refractivity contribution in [1.82, 2.24) is 19.6 Å². The van der Waals surface area contributed by atoms with E-state index in [1.165, 1.54) is 16.3 Å². The highest BCUT2D eigenvalue weighted by Crippen LogP contribution is 2.27. The molecule has 0 saturated heterocycles. The summed E-state index contributed by atoms with van der Waals surface area (Å²) in [5.74, 6) is 1.05. The van der Waals surface area contributed by atoms with Gasteiger partial charge in [-0.15, -0.1) is 5.10 Å². The van der Waals surface area contributed by atoms with Crippen LogP contribution in [0.5, 0.6) is 0 Å². The number of fused-ring (bicyclic) bond motifs is 2. The first-order chi connectivity index (χ1) is 12.4. The number of rotatable bonds is 3. The highest BCUT2D eigenvalue weighted by Gasteiger charge is 2.15. The molecule has 4 nitrogen and oxygen atoms in total. The van der Waals surface area contributed by atoms with Gasteiger partial charge in [-0.1, -0.05) is 71.9 Å². The van der Waals surface area contributed by atoms with Crippen LogP contribution in [0.2, 0.25) is 0 Å². The number of benzene rings is 3. The van der Waals surface area contributed by atoms with Crippen molar-refractivity contribution in [3.8, 4) is 5.82 Å². The van der Waals surface area contributed by atoms with Crippen LogP contribution < -0.4 is 0 Å². The summed E-state index contributed by atoms with van der Waals surface area (Å²) in [7, 11) is 0. The molecule has 3 aromatic carbocycles. The molecule has 0 aliphatic carbocycles. The van der Waals surface area contributed by atoms with Crippen LogP contribution in [0.15, 0.2) is 85.1 Å². The Hall–Kier alpha value is -3.40. The Morgan fingerprint density at radius 1 is 0.760 bits per heavy atom. The Kier molecular flexibility index (Phi) is 3.13. The summed E-state index contributed by atoms with van der Waals surface area (Å²) < 4.78 is 4.20. The number of aromatic nitrogens is 4. The molecule has 0 aliphatic heterocycles. The summed E-state index contributed by atoms with van der Waals surface area (Å²) in [6, 6.07) is 27.0. The van der Waals surface area contributed by atoms with E-state index in [1.54, 1.807) is 0 Å². The van der Waals surface area contributed by atoms with Crippen molar-refractivity contribution in [3.05, 3.63) is 90.6 Å². The third-order valence-electron chi connectivity index (χ3n) is 4.52. The molecule has 120 valence electrons. The van der Waals surface area contributed by atoms with Gasteiger partial charge in [-0.05, 0) is 17.7 Å². The fraction of sp³-hybridized carbons (Fsp3) is 0.0476. The van der Waals surface area contributed by atoms with Gasteiger partial charge >= 0.3 is 0 Å². The summed E-state index contributed by atoms with van der Waals surface area (Å²) >= 11 is 0. The largest absolute Gasteiger partial charge is 0.327 e. The average Bonchev–Trinajstić information content (AvgIpc) is 3.23. The molecule has 4 heteroatoms. The third-order valence-corrected chi connectivity index (χ3v) is 4.52. The van der Waals surface area contributed by atoms with E-state index >= 15 is 0 Å². The van der Waals surface area contributed by atoms with Crippen LogP contribution in [0.4, 0.5) is 0 Å². The molecule has 0 N–H and O–H groups in total. The molecule has 0 bridgehead atoms. The van der Waals surface area contributed by atoms with E-state index in [-0.39, 0.29) is 0 Å². The van der Waals surface area contributed by atoms with Gasteiger partial charge in [-0.25, -0.2) is 0 Å². The molecule has 0 spiro atoms. The molecule has 0 unspecified atom stereocenters. The molecule has 5 aromatic rings. The fourth-order valence-electron chi connectivity index (χ4n) is 3.36. The lowest BCUT2D eigenvalue weighted by atomic mass is 10.2. The lowest BCUT2D eigenvalue weighted by Gasteiger charge is -2.10. The predicted molar refractivity (Wildman–Crippen MR) is 99.9 cm³/mol. The van der Waals surface area contributed by atoms with E-state index in [0.717, 1.165) is 23.4 Å². The maximum atomic E-state index is 4.44. The summed E-state index contributed by atoms with van der Waals surface area (Å²) in [5.41, 5.74) is 3.17. The zero-order valence-electron chi connectivity index (χ0n) is 13.6. The van der Waals surface area contributed by atoms with Gasteiger partial charge in [0.15, 0.2) is 0 Å². The van der Waals surface area contributed by atoms with Crippen LogP contribution in [0.25, 0.3) is 27.6 Å². The van der Waals surface area contributed by atoms with Gasteiger partial charge < -0.3 is 4.57 Å². The predicted octanol–water partition coefficient (Wildman–Crippen LogP) is 4.42. The Bertz CT molecular complexity index is 1170. The maximum Gasteiger partial charge on any atom is 0.144 e. The van der Waals surface area contributed by atoms with Gasteiger partial charge in [0, 0.05) is 23.5 Å². The van der Waals surface area contributed by atoms with Crippen LogP contribution in [0, 0.1) is 0 Å². The van der Waals surface area contributed by atoms with E-state index in [2.05, 4.69) is 75.7 Å². The van der Waals surface area contributed by atoms with Crippen LogP contribution in [0.3, 0.4) is 0 Å². The SMILES string of the molecule is c1ccc(Cn2cc3ccccc3c2-n2nnc3ccccc32)cc1. The highest BCUT2D eigenvalue weighted by molar-refractivity contribution is 5.91. The monoisotopic (exact) mass is 324 g/mol. The van der Waals surface area contributed by atoms with E-state index in [4.69, 9.17) is 0 Å². The molecular formula is C21H16N4. The van der Waals surface area contributed by atoms with Gasteiger partial charge in [0.1, 0.15) is 11.3 Å². The van der Waals surface area contributed by atoms with Crippen molar-refractivity contribution in [3.63, 3.8) is 0 Å². The lowest BCUT2D eigenvalue weighted by molar-refractivity contribution is 0.716. The van der Waals surface area contributed by atoms with E-state index in [1.807, 2.05) is 28.9 Å². The molecule has 0 fully saturated rings. The molecule has 0 saturated carbocycles. The smallest absolute Gasteiger partial charge is 0.144 e. The Morgan fingerprint density at radius 2 is 1.52 bits per heavy atom. The van der Waals surface area contributed by atoms with E-state index in [9.17, 15) is 0 Å². The van der Waals surface area contributed by atoms with E-state index < -0.39 is 0 Å². The minimum Gasteiger partial charge on any atom is -0.327 e. The van der Waals surface area contributed by atoms with Crippen molar-refractivity contribution in [2.75, 3.05) is 0 Å².